The number of carbonyl (C=O) groups excluding carboxylic acids is 1. The molecular formula is C27H23F2N3O2. The van der Waals surface area contributed by atoms with Gasteiger partial charge in [-0.2, -0.15) is 0 Å². The minimum Gasteiger partial charge on any atom is -0.494 e. The second kappa shape index (κ2) is 9.02. The van der Waals surface area contributed by atoms with Crippen LogP contribution in [-0.4, -0.2) is 22.1 Å². The summed E-state index contributed by atoms with van der Waals surface area (Å²) in [6.45, 7) is 2.74. The lowest BCUT2D eigenvalue weighted by Gasteiger charge is -2.31. The number of para-hydroxylation sites is 1. The minimum absolute atomic E-state index is 0.205. The third kappa shape index (κ3) is 4.01. The van der Waals surface area contributed by atoms with Gasteiger partial charge in [-0.25, -0.2) is 13.6 Å². The minimum atomic E-state index is -0.703. The van der Waals surface area contributed by atoms with Gasteiger partial charge >= 0.3 is 6.03 Å². The molecule has 1 aliphatic heterocycles. The van der Waals surface area contributed by atoms with E-state index in [0.29, 0.717) is 6.61 Å². The fraction of sp³-hybridized carbons (Fsp3) is 0.148. The molecule has 4 aromatic rings. The van der Waals surface area contributed by atoms with E-state index in [1.807, 2.05) is 73.8 Å². The third-order valence-electron chi connectivity index (χ3n) is 5.90. The number of hydrogen-bond acceptors (Lipinski definition) is 2. The van der Waals surface area contributed by atoms with Gasteiger partial charge in [0.1, 0.15) is 17.4 Å². The van der Waals surface area contributed by atoms with Crippen LogP contribution in [0, 0.1) is 11.6 Å². The summed E-state index contributed by atoms with van der Waals surface area (Å²) in [5, 5.41) is 2.57. The number of anilines is 1. The molecule has 172 valence electrons. The van der Waals surface area contributed by atoms with Crippen molar-refractivity contribution in [3.8, 4) is 11.4 Å². The van der Waals surface area contributed by atoms with Gasteiger partial charge in [0.15, 0.2) is 0 Å². The van der Waals surface area contributed by atoms with E-state index in [2.05, 4.69) is 9.88 Å². The molecule has 1 N–H and O–H groups in total. The van der Waals surface area contributed by atoms with Gasteiger partial charge in [-0.1, -0.05) is 30.3 Å². The Balaban J connectivity index is 1.61. The van der Waals surface area contributed by atoms with E-state index in [0.717, 1.165) is 46.5 Å². The molecule has 0 bridgehead atoms. The zero-order valence-electron chi connectivity index (χ0n) is 18.5. The Morgan fingerprint density at radius 1 is 1.03 bits per heavy atom. The van der Waals surface area contributed by atoms with Crippen LogP contribution in [0.2, 0.25) is 0 Å². The zero-order chi connectivity index (χ0) is 23.7. The standard InChI is InChI=1S/C27H23F2N3O2/c1-2-34-21-12-9-18(10-13-21)26-25-8-5-15-31(25)24-7-4-3-6-19(24)17-32(26)27(33)30-23-16-20(28)11-14-22(23)29/h3-16,26H,2,17H2,1H3,(H,30,33)/t26-/m1/s1. The van der Waals surface area contributed by atoms with Crippen LogP contribution in [0.4, 0.5) is 19.3 Å². The van der Waals surface area contributed by atoms with E-state index in [1.165, 1.54) is 0 Å². The van der Waals surface area contributed by atoms with Crippen LogP contribution >= 0.6 is 0 Å². The van der Waals surface area contributed by atoms with Crippen LogP contribution in [0.3, 0.4) is 0 Å². The molecule has 7 heteroatoms. The summed E-state index contributed by atoms with van der Waals surface area (Å²) in [5.74, 6) is -0.600. The van der Waals surface area contributed by atoms with E-state index in [9.17, 15) is 13.6 Å². The summed E-state index contributed by atoms with van der Waals surface area (Å²) in [4.78, 5) is 15.2. The van der Waals surface area contributed by atoms with E-state index in [-0.39, 0.29) is 12.2 Å². The predicted molar refractivity (Wildman–Crippen MR) is 126 cm³/mol. The molecule has 0 spiro atoms. The molecule has 5 nitrogen and oxygen atoms in total. The van der Waals surface area contributed by atoms with E-state index >= 15 is 0 Å². The zero-order valence-corrected chi connectivity index (χ0v) is 18.5. The summed E-state index contributed by atoms with van der Waals surface area (Å²) in [6, 6.07) is 21.3. The van der Waals surface area contributed by atoms with Crippen LogP contribution in [0.1, 0.15) is 29.8 Å². The summed E-state index contributed by atoms with van der Waals surface area (Å²) in [6.07, 6.45) is 1.96. The van der Waals surface area contributed by atoms with Crippen molar-refractivity contribution in [3.63, 3.8) is 0 Å². The van der Waals surface area contributed by atoms with Gasteiger partial charge in [-0.3, -0.25) is 0 Å². The van der Waals surface area contributed by atoms with Crippen LogP contribution in [0.5, 0.6) is 5.75 Å². The maximum atomic E-state index is 14.3. The number of halogens is 2. The first kappa shape index (κ1) is 21.7. The molecule has 1 aliphatic rings. The van der Waals surface area contributed by atoms with Gasteiger partial charge < -0.3 is 19.5 Å². The Labute approximate surface area is 196 Å². The quantitative estimate of drug-likeness (QED) is 0.390. The number of amides is 2. The van der Waals surface area contributed by atoms with Crippen molar-refractivity contribution < 1.29 is 18.3 Å². The summed E-state index contributed by atoms with van der Waals surface area (Å²) in [5.41, 5.74) is 3.44. The number of nitrogens with zero attached hydrogens (tertiary/aromatic N) is 2. The van der Waals surface area contributed by atoms with Crippen LogP contribution in [-0.2, 0) is 6.54 Å². The molecule has 0 saturated heterocycles. The second-order valence-corrected chi connectivity index (χ2v) is 8.02. The molecule has 2 amide bonds. The van der Waals surface area contributed by atoms with Gasteiger partial charge in [0.2, 0.25) is 0 Å². The number of urea groups is 1. The van der Waals surface area contributed by atoms with E-state index in [1.54, 1.807) is 4.90 Å². The molecule has 1 aromatic heterocycles. The first-order valence-electron chi connectivity index (χ1n) is 11.1. The molecule has 5 rings (SSSR count). The second-order valence-electron chi connectivity index (χ2n) is 8.02. The number of ether oxygens (including phenoxy) is 1. The van der Waals surface area contributed by atoms with Crippen molar-refractivity contribution >= 4 is 11.7 Å². The van der Waals surface area contributed by atoms with Crippen LogP contribution in [0.25, 0.3) is 5.69 Å². The topological polar surface area (TPSA) is 46.5 Å². The van der Waals surface area contributed by atoms with Crippen LogP contribution < -0.4 is 10.1 Å². The molecule has 3 aromatic carbocycles. The largest absolute Gasteiger partial charge is 0.494 e. The molecular weight excluding hydrogens is 436 g/mol. The summed E-state index contributed by atoms with van der Waals surface area (Å²) >= 11 is 0. The number of aromatic nitrogens is 1. The highest BCUT2D eigenvalue weighted by molar-refractivity contribution is 5.90. The molecule has 1 atom stereocenters. The fourth-order valence-electron chi connectivity index (χ4n) is 4.38. The van der Waals surface area contributed by atoms with Crippen molar-refractivity contribution in [1.82, 2.24) is 9.47 Å². The van der Waals surface area contributed by atoms with E-state index in [4.69, 9.17) is 4.74 Å². The SMILES string of the molecule is CCOc1ccc([C@@H]2c3cccn3-c3ccccc3CN2C(=O)Nc2cc(F)ccc2F)cc1. The van der Waals surface area contributed by atoms with Gasteiger partial charge in [-0.15, -0.1) is 0 Å². The molecule has 0 saturated carbocycles. The third-order valence-corrected chi connectivity index (χ3v) is 5.90. The lowest BCUT2D eigenvalue weighted by Crippen LogP contribution is -2.38. The van der Waals surface area contributed by atoms with Crippen molar-refractivity contribution in [2.75, 3.05) is 11.9 Å². The number of hydrogen-bond donors (Lipinski definition) is 1. The summed E-state index contributed by atoms with van der Waals surface area (Å²) < 4.78 is 35.7. The molecule has 0 unspecified atom stereocenters. The number of rotatable bonds is 4. The number of carbonyl (C=O) groups is 1. The molecule has 2 heterocycles. The van der Waals surface area contributed by atoms with Crippen molar-refractivity contribution in [3.05, 3.63) is 114 Å². The molecule has 0 aliphatic carbocycles. The Hall–Kier alpha value is -4.13. The normalized spacial score (nSPS) is 14.7. The lowest BCUT2D eigenvalue weighted by atomic mass is 10.0. The Bertz CT molecular complexity index is 1330. The van der Waals surface area contributed by atoms with Gasteiger partial charge in [0.05, 0.1) is 30.6 Å². The Morgan fingerprint density at radius 2 is 1.82 bits per heavy atom. The van der Waals surface area contributed by atoms with Gasteiger partial charge in [0, 0.05) is 18.0 Å². The monoisotopic (exact) mass is 459 g/mol. The maximum Gasteiger partial charge on any atom is 0.323 e. The Kier molecular flexibility index (Phi) is 5.76. The summed E-state index contributed by atoms with van der Waals surface area (Å²) in [7, 11) is 0. The Morgan fingerprint density at radius 3 is 2.62 bits per heavy atom. The predicted octanol–water partition coefficient (Wildman–Crippen LogP) is 6.29. The van der Waals surface area contributed by atoms with E-state index < -0.39 is 23.7 Å². The highest BCUT2D eigenvalue weighted by Gasteiger charge is 2.33. The number of benzene rings is 3. The molecule has 0 radical (unpaired) electrons. The lowest BCUT2D eigenvalue weighted by molar-refractivity contribution is 0.194. The first-order valence-corrected chi connectivity index (χ1v) is 11.1. The van der Waals surface area contributed by atoms with Gasteiger partial charge in [-0.05, 0) is 60.5 Å². The highest BCUT2D eigenvalue weighted by Crippen LogP contribution is 2.37. The molecule has 0 fully saturated rings. The van der Waals surface area contributed by atoms with Crippen LogP contribution in [0.15, 0.2) is 85.1 Å². The first-order chi connectivity index (χ1) is 16.5. The van der Waals surface area contributed by atoms with Gasteiger partial charge in [0.25, 0.3) is 0 Å². The number of nitrogens with one attached hydrogen (secondary N) is 1. The van der Waals surface area contributed by atoms with Crippen molar-refractivity contribution in [1.29, 1.82) is 0 Å². The fourth-order valence-corrected chi connectivity index (χ4v) is 4.38. The number of fused-ring (bicyclic) bond motifs is 3. The van der Waals surface area contributed by atoms with Crippen molar-refractivity contribution in [2.45, 2.75) is 19.5 Å². The average Bonchev–Trinajstić information content (AvgIpc) is 3.26. The molecule has 34 heavy (non-hydrogen) atoms. The maximum absolute atomic E-state index is 14.3. The van der Waals surface area contributed by atoms with Crippen molar-refractivity contribution in [2.24, 2.45) is 0 Å². The average molecular weight is 459 g/mol. The smallest absolute Gasteiger partial charge is 0.323 e. The highest BCUT2D eigenvalue weighted by atomic mass is 19.1.